The van der Waals surface area contributed by atoms with Crippen molar-refractivity contribution in [3.05, 3.63) is 0 Å². The van der Waals surface area contributed by atoms with Gasteiger partial charge in [0.25, 0.3) is 0 Å². The SMILES string of the molecule is CCCNC(=O)C1COCCN1C(=O)N(C)CC(=O)O. The van der Waals surface area contributed by atoms with Crippen LogP contribution in [0.15, 0.2) is 0 Å². The standard InChI is InChI=1S/C12H21N3O5/c1-3-4-13-11(18)9-8-20-6-5-15(9)12(19)14(2)7-10(16)17/h9H,3-8H2,1-2H3,(H,13,18)(H,16,17). The van der Waals surface area contributed by atoms with Crippen LogP contribution in [0.4, 0.5) is 4.79 Å². The van der Waals surface area contributed by atoms with Crippen LogP contribution in [0.1, 0.15) is 13.3 Å². The molecule has 8 nitrogen and oxygen atoms in total. The fourth-order valence-electron chi connectivity index (χ4n) is 1.91. The van der Waals surface area contributed by atoms with E-state index in [-0.39, 0.29) is 19.1 Å². The number of urea groups is 1. The van der Waals surface area contributed by atoms with Gasteiger partial charge in [0.2, 0.25) is 5.91 Å². The van der Waals surface area contributed by atoms with E-state index in [1.807, 2.05) is 6.92 Å². The maximum Gasteiger partial charge on any atom is 0.323 e. The van der Waals surface area contributed by atoms with E-state index in [0.29, 0.717) is 13.2 Å². The Bertz CT molecular complexity index is 374. The predicted octanol–water partition coefficient (Wildman–Crippen LogP) is -0.650. The number of carboxylic acid groups (broad SMARTS) is 1. The van der Waals surface area contributed by atoms with E-state index >= 15 is 0 Å². The number of nitrogens with zero attached hydrogens (tertiary/aromatic N) is 2. The van der Waals surface area contributed by atoms with E-state index in [1.54, 1.807) is 0 Å². The van der Waals surface area contributed by atoms with Gasteiger partial charge in [-0.1, -0.05) is 6.92 Å². The van der Waals surface area contributed by atoms with E-state index < -0.39 is 24.6 Å². The number of hydrogen-bond acceptors (Lipinski definition) is 4. The third-order valence-electron chi connectivity index (χ3n) is 2.93. The Hall–Kier alpha value is -1.83. The first kappa shape index (κ1) is 16.2. The van der Waals surface area contributed by atoms with Crippen LogP contribution in [0.25, 0.3) is 0 Å². The smallest absolute Gasteiger partial charge is 0.323 e. The minimum Gasteiger partial charge on any atom is -0.480 e. The third kappa shape index (κ3) is 4.37. The van der Waals surface area contributed by atoms with Crippen LogP contribution in [0.3, 0.4) is 0 Å². The summed E-state index contributed by atoms with van der Waals surface area (Å²) in [6.07, 6.45) is 0.798. The second-order valence-corrected chi connectivity index (χ2v) is 4.61. The number of carboxylic acids is 1. The molecule has 0 aromatic rings. The van der Waals surface area contributed by atoms with Crippen molar-refractivity contribution in [2.24, 2.45) is 0 Å². The zero-order chi connectivity index (χ0) is 15.1. The van der Waals surface area contributed by atoms with Gasteiger partial charge in [0.1, 0.15) is 12.6 Å². The number of hydrogen-bond donors (Lipinski definition) is 2. The quantitative estimate of drug-likeness (QED) is 0.700. The summed E-state index contributed by atoms with van der Waals surface area (Å²) in [5.41, 5.74) is 0. The van der Waals surface area contributed by atoms with Gasteiger partial charge < -0.3 is 25.0 Å². The molecule has 0 bridgehead atoms. The number of carbonyl (C=O) groups excluding carboxylic acids is 2. The Morgan fingerprint density at radius 1 is 1.45 bits per heavy atom. The number of morpholine rings is 1. The molecule has 1 rings (SSSR count). The Balaban J connectivity index is 2.70. The van der Waals surface area contributed by atoms with E-state index in [2.05, 4.69) is 5.32 Å². The zero-order valence-corrected chi connectivity index (χ0v) is 11.8. The van der Waals surface area contributed by atoms with Gasteiger partial charge in [0.05, 0.1) is 13.2 Å². The van der Waals surface area contributed by atoms with Crippen molar-refractivity contribution in [3.8, 4) is 0 Å². The number of nitrogens with one attached hydrogen (secondary N) is 1. The summed E-state index contributed by atoms with van der Waals surface area (Å²) in [6, 6.07) is -1.19. The summed E-state index contributed by atoms with van der Waals surface area (Å²) >= 11 is 0. The molecule has 0 aromatic carbocycles. The summed E-state index contributed by atoms with van der Waals surface area (Å²) in [5.74, 6) is -1.37. The molecule has 1 aliphatic rings. The lowest BCUT2D eigenvalue weighted by Gasteiger charge is -2.36. The number of aliphatic carboxylic acids is 1. The van der Waals surface area contributed by atoms with E-state index in [0.717, 1.165) is 11.3 Å². The second kappa shape index (κ2) is 7.68. The van der Waals surface area contributed by atoms with Gasteiger partial charge >= 0.3 is 12.0 Å². The molecule has 1 aliphatic heterocycles. The van der Waals surface area contributed by atoms with Gasteiger partial charge in [0.15, 0.2) is 0 Å². The number of rotatable bonds is 5. The molecule has 1 atom stereocenters. The van der Waals surface area contributed by atoms with Gasteiger partial charge in [0, 0.05) is 20.1 Å². The molecule has 1 heterocycles. The van der Waals surface area contributed by atoms with Crippen LogP contribution in [0.2, 0.25) is 0 Å². The average Bonchev–Trinajstić information content (AvgIpc) is 2.43. The number of carbonyl (C=O) groups is 3. The molecule has 0 aromatic heterocycles. The van der Waals surface area contributed by atoms with E-state index in [4.69, 9.17) is 9.84 Å². The molecule has 2 N–H and O–H groups in total. The molecule has 0 aliphatic carbocycles. The summed E-state index contributed by atoms with van der Waals surface area (Å²) < 4.78 is 5.23. The molecule has 114 valence electrons. The minimum atomic E-state index is -1.10. The van der Waals surface area contributed by atoms with Crippen molar-refractivity contribution in [3.63, 3.8) is 0 Å². The summed E-state index contributed by atoms with van der Waals surface area (Å²) in [5, 5.41) is 11.4. The topological polar surface area (TPSA) is 99.2 Å². The highest BCUT2D eigenvalue weighted by atomic mass is 16.5. The van der Waals surface area contributed by atoms with Crippen molar-refractivity contribution < 1.29 is 24.2 Å². The number of ether oxygens (including phenoxy) is 1. The third-order valence-corrected chi connectivity index (χ3v) is 2.93. The Morgan fingerprint density at radius 2 is 2.15 bits per heavy atom. The molecule has 20 heavy (non-hydrogen) atoms. The van der Waals surface area contributed by atoms with Crippen LogP contribution in [-0.4, -0.2) is 78.8 Å². The lowest BCUT2D eigenvalue weighted by molar-refractivity contribution is -0.137. The fourth-order valence-corrected chi connectivity index (χ4v) is 1.91. The average molecular weight is 287 g/mol. The Labute approximate surface area is 117 Å². The van der Waals surface area contributed by atoms with Gasteiger partial charge in [-0.05, 0) is 6.42 Å². The molecule has 1 saturated heterocycles. The maximum absolute atomic E-state index is 12.2. The van der Waals surface area contributed by atoms with E-state index in [9.17, 15) is 14.4 Å². The first-order chi connectivity index (χ1) is 9.47. The maximum atomic E-state index is 12.2. The van der Waals surface area contributed by atoms with Crippen LogP contribution in [0.5, 0.6) is 0 Å². The first-order valence-electron chi connectivity index (χ1n) is 6.56. The lowest BCUT2D eigenvalue weighted by Crippen LogP contribution is -2.58. The van der Waals surface area contributed by atoms with Crippen LogP contribution in [-0.2, 0) is 14.3 Å². The lowest BCUT2D eigenvalue weighted by atomic mass is 10.2. The van der Waals surface area contributed by atoms with Crippen LogP contribution in [0, 0.1) is 0 Å². The number of amides is 3. The monoisotopic (exact) mass is 287 g/mol. The highest BCUT2D eigenvalue weighted by Gasteiger charge is 2.34. The van der Waals surface area contributed by atoms with Gasteiger partial charge in [-0.25, -0.2) is 4.79 Å². The van der Waals surface area contributed by atoms with Crippen molar-refractivity contribution in [1.29, 1.82) is 0 Å². The normalized spacial score (nSPS) is 18.5. The minimum absolute atomic E-state index is 0.127. The van der Waals surface area contributed by atoms with E-state index in [1.165, 1.54) is 11.9 Å². The molecule has 3 amide bonds. The fraction of sp³-hybridized carbons (Fsp3) is 0.750. The van der Waals surface area contributed by atoms with Crippen molar-refractivity contribution in [2.75, 3.05) is 39.9 Å². The predicted molar refractivity (Wildman–Crippen MR) is 70.3 cm³/mol. The molecular weight excluding hydrogens is 266 g/mol. The highest BCUT2D eigenvalue weighted by molar-refractivity contribution is 5.88. The molecule has 0 spiro atoms. The van der Waals surface area contributed by atoms with Crippen molar-refractivity contribution in [2.45, 2.75) is 19.4 Å². The molecule has 1 fully saturated rings. The van der Waals surface area contributed by atoms with Crippen LogP contribution >= 0.6 is 0 Å². The van der Waals surface area contributed by atoms with Crippen molar-refractivity contribution >= 4 is 17.9 Å². The largest absolute Gasteiger partial charge is 0.480 e. The van der Waals surface area contributed by atoms with Gasteiger partial charge in [-0.2, -0.15) is 0 Å². The van der Waals surface area contributed by atoms with Crippen LogP contribution < -0.4 is 5.32 Å². The van der Waals surface area contributed by atoms with Crippen molar-refractivity contribution in [1.82, 2.24) is 15.1 Å². The molecular formula is C12H21N3O5. The molecule has 8 heteroatoms. The number of likely N-dealkylation sites (N-methyl/N-ethyl adjacent to an activating group) is 1. The summed E-state index contributed by atoms with van der Waals surface area (Å²) in [4.78, 5) is 37.2. The summed E-state index contributed by atoms with van der Waals surface area (Å²) in [7, 11) is 1.40. The molecule has 0 saturated carbocycles. The zero-order valence-electron chi connectivity index (χ0n) is 11.8. The first-order valence-corrected chi connectivity index (χ1v) is 6.56. The van der Waals surface area contributed by atoms with Gasteiger partial charge in [-0.3, -0.25) is 9.59 Å². The Morgan fingerprint density at radius 3 is 2.75 bits per heavy atom. The highest BCUT2D eigenvalue weighted by Crippen LogP contribution is 2.10. The summed E-state index contributed by atoms with van der Waals surface area (Å²) in [6.45, 7) is 2.79. The van der Waals surface area contributed by atoms with Gasteiger partial charge in [-0.15, -0.1) is 0 Å². The molecule has 1 unspecified atom stereocenters. The second-order valence-electron chi connectivity index (χ2n) is 4.61. The molecule has 0 radical (unpaired) electrons. The Kier molecular flexibility index (Phi) is 6.23.